The van der Waals surface area contributed by atoms with Gasteiger partial charge in [0.1, 0.15) is 5.75 Å². The minimum Gasteiger partial charge on any atom is -0.497 e. The van der Waals surface area contributed by atoms with Crippen LogP contribution in [-0.2, 0) is 23.0 Å². The van der Waals surface area contributed by atoms with Crippen LogP contribution < -0.4 is 10.1 Å². The van der Waals surface area contributed by atoms with Crippen molar-refractivity contribution in [1.82, 2.24) is 4.31 Å². The Bertz CT molecular complexity index is 1210. The molecule has 164 valence electrons. The number of sulfonamides is 1. The Labute approximate surface area is 187 Å². The molecule has 8 heteroatoms. The number of amides is 1. The number of benzene rings is 3. The van der Waals surface area contributed by atoms with Crippen LogP contribution in [0, 0.1) is 11.3 Å². The highest BCUT2D eigenvalue weighted by Crippen LogP contribution is 2.20. The van der Waals surface area contributed by atoms with Crippen molar-refractivity contribution in [2.75, 3.05) is 19.5 Å². The van der Waals surface area contributed by atoms with Crippen LogP contribution in [0.2, 0.25) is 0 Å². The van der Waals surface area contributed by atoms with Crippen LogP contribution in [0.25, 0.3) is 0 Å². The molecule has 3 aromatic carbocycles. The molecule has 7 nitrogen and oxygen atoms in total. The number of rotatable bonds is 8. The van der Waals surface area contributed by atoms with Gasteiger partial charge in [-0.15, -0.1) is 0 Å². The number of ether oxygens (including phenoxy) is 1. The molecule has 32 heavy (non-hydrogen) atoms. The first-order valence-corrected chi connectivity index (χ1v) is 11.2. The van der Waals surface area contributed by atoms with E-state index in [1.807, 2.05) is 0 Å². The molecule has 0 atom stereocenters. The Morgan fingerprint density at radius 1 is 0.969 bits per heavy atom. The van der Waals surface area contributed by atoms with E-state index in [2.05, 4.69) is 11.4 Å². The van der Waals surface area contributed by atoms with Gasteiger partial charge in [-0.2, -0.15) is 9.57 Å². The predicted octanol–water partition coefficient (Wildman–Crippen LogP) is 3.83. The number of carbonyl (C=O) groups is 1. The molecule has 0 aliphatic carbocycles. The maximum atomic E-state index is 12.8. The third-order valence-corrected chi connectivity index (χ3v) is 6.70. The summed E-state index contributed by atoms with van der Waals surface area (Å²) in [6.07, 6.45) is 0.318. The summed E-state index contributed by atoms with van der Waals surface area (Å²) in [6, 6.07) is 22.1. The largest absolute Gasteiger partial charge is 0.497 e. The molecule has 1 amide bonds. The van der Waals surface area contributed by atoms with Crippen molar-refractivity contribution in [1.29, 1.82) is 5.26 Å². The zero-order valence-corrected chi connectivity index (χ0v) is 18.6. The zero-order chi connectivity index (χ0) is 23.1. The highest BCUT2D eigenvalue weighted by atomic mass is 32.2. The number of carbonyl (C=O) groups excluding carboxylic acids is 1. The van der Waals surface area contributed by atoms with Crippen LogP contribution in [0.5, 0.6) is 5.75 Å². The highest BCUT2D eigenvalue weighted by Gasteiger charge is 2.21. The average Bonchev–Trinajstić information content (AvgIpc) is 2.81. The molecule has 3 aromatic rings. The summed E-state index contributed by atoms with van der Waals surface area (Å²) in [7, 11) is -0.629. The van der Waals surface area contributed by atoms with Crippen molar-refractivity contribution in [3.05, 3.63) is 89.5 Å². The van der Waals surface area contributed by atoms with Crippen molar-refractivity contribution in [3.8, 4) is 11.8 Å². The molecule has 0 spiro atoms. The lowest BCUT2D eigenvalue weighted by Crippen LogP contribution is -2.26. The van der Waals surface area contributed by atoms with Crippen LogP contribution in [0.15, 0.2) is 77.7 Å². The number of nitrogens with zero attached hydrogens (tertiary/aromatic N) is 2. The fourth-order valence-electron chi connectivity index (χ4n) is 3.03. The molecule has 0 bridgehead atoms. The summed E-state index contributed by atoms with van der Waals surface area (Å²) in [4.78, 5) is 12.7. The van der Waals surface area contributed by atoms with E-state index in [9.17, 15) is 13.2 Å². The number of anilines is 1. The summed E-state index contributed by atoms with van der Waals surface area (Å²) < 4.78 is 31.9. The van der Waals surface area contributed by atoms with E-state index in [0.717, 1.165) is 11.1 Å². The maximum Gasteiger partial charge on any atom is 0.255 e. The SMILES string of the molecule is COc1ccc(S(=O)(=O)N(C)Cc2ccc(C(=O)Nc3ccc(CC#N)cc3)cc2)cc1. The molecule has 1 N–H and O–H groups in total. The molecule has 0 aliphatic rings. The quantitative estimate of drug-likeness (QED) is 0.563. The first-order valence-electron chi connectivity index (χ1n) is 9.80. The second-order valence-corrected chi connectivity index (χ2v) is 9.16. The first kappa shape index (κ1) is 23.0. The van der Waals surface area contributed by atoms with Gasteiger partial charge in [0.05, 0.1) is 24.5 Å². The van der Waals surface area contributed by atoms with Crippen LogP contribution in [0.3, 0.4) is 0 Å². The van der Waals surface area contributed by atoms with E-state index in [1.54, 1.807) is 60.7 Å². The van der Waals surface area contributed by atoms with Crippen LogP contribution in [0.4, 0.5) is 5.69 Å². The van der Waals surface area contributed by atoms with Crippen LogP contribution >= 0.6 is 0 Å². The van der Waals surface area contributed by atoms with Crippen molar-refractivity contribution >= 4 is 21.6 Å². The van der Waals surface area contributed by atoms with Gasteiger partial charge in [-0.3, -0.25) is 4.79 Å². The smallest absolute Gasteiger partial charge is 0.255 e. The molecule has 3 rings (SSSR count). The average molecular weight is 450 g/mol. The topological polar surface area (TPSA) is 99.5 Å². The molecular weight excluding hydrogens is 426 g/mol. The minimum absolute atomic E-state index is 0.163. The van der Waals surface area contributed by atoms with Gasteiger partial charge in [0.25, 0.3) is 5.91 Å². The lowest BCUT2D eigenvalue weighted by molar-refractivity contribution is 0.102. The lowest BCUT2D eigenvalue weighted by atomic mass is 10.1. The summed E-state index contributed by atoms with van der Waals surface area (Å²) in [5, 5.41) is 11.5. The highest BCUT2D eigenvalue weighted by molar-refractivity contribution is 7.89. The van der Waals surface area contributed by atoms with Gasteiger partial charge in [0.2, 0.25) is 10.0 Å². The normalized spacial score (nSPS) is 11.1. The van der Waals surface area contributed by atoms with E-state index < -0.39 is 10.0 Å². The molecule has 0 fully saturated rings. The molecule has 0 saturated carbocycles. The van der Waals surface area contributed by atoms with E-state index in [4.69, 9.17) is 10.00 Å². The number of nitriles is 1. The maximum absolute atomic E-state index is 12.8. The Morgan fingerprint density at radius 2 is 1.56 bits per heavy atom. The fourth-order valence-corrected chi connectivity index (χ4v) is 4.19. The van der Waals surface area contributed by atoms with Crippen LogP contribution in [0.1, 0.15) is 21.5 Å². The predicted molar refractivity (Wildman–Crippen MR) is 122 cm³/mol. The second kappa shape index (κ2) is 10.1. The molecule has 0 aliphatic heterocycles. The second-order valence-electron chi connectivity index (χ2n) is 7.12. The number of hydrogen-bond donors (Lipinski definition) is 1. The Morgan fingerprint density at radius 3 is 2.12 bits per heavy atom. The minimum atomic E-state index is -3.66. The third kappa shape index (κ3) is 5.52. The van der Waals surface area contributed by atoms with Gasteiger partial charge >= 0.3 is 0 Å². The van der Waals surface area contributed by atoms with Crippen molar-refractivity contribution in [3.63, 3.8) is 0 Å². The molecular formula is C24H23N3O4S. The Kier molecular flexibility index (Phi) is 7.25. The third-order valence-electron chi connectivity index (χ3n) is 4.88. The summed E-state index contributed by atoms with van der Waals surface area (Å²) in [5.74, 6) is 0.308. The summed E-state index contributed by atoms with van der Waals surface area (Å²) >= 11 is 0. The van der Waals surface area contributed by atoms with Gasteiger partial charge < -0.3 is 10.1 Å². The number of hydrogen-bond acceptors (Lipinski definition) is 5. The van der Waals surface area contributed by atoms with E-state index in [1.165, 1.54) is 30.6 Å². The van der Waals surface area contributed by atoms with Gasteiger partial charge in [0, 0.05) is 24.8 Å². The molecule has 0 aromatic heterocycles. The van der Waals surface area contributed by atoms with Gasteiger partial charge in [-0.05, 0) is 59.7 Å². The molecule has 0 radical (unpaired) electrons. The molecule has 0 unspecified atom stereocenters. The summed E-state index contributed by atoms with van der Waals surface area (Å²) in [5.41, 5.74) is 2.71. The van der Waals surface area contributed by atoms with Crippen molar-refractivity contribution < 1.29 is 17.9 Å². The zero-order valence-electron chi connectivity index (χ0n) is 17.8. The Balaban J connectivity index is 1.64. The Hall–Kier alpha value is -3.67. The fraction of sp³-hybridized carbons (Fsp3) is 0.167. The van der Waals surface area contributed by atoms with E-state index >= 15 is 0 Å². The van der Waals surface area contributed by atoms with Gasteiger partial charge in [-0.1, -0.05) is 24.3 Å². The first-order chi connectivity index (χ1) is 15.3. The van der Waals surface area contributed by atoms with E-state index in [0.29, 0.717) is 23.4 Å². The number of nitrogens with one attached hydrogen (secondary N) is 1. The van der Waals surface area contributed by atoms with Gasteiger partial charge in [0.15, 0.2) is 0 Å². The van der Waals surface area contributed by atoms with E-state index in [-0.39, 0.29) is 17.3 Å². The van der Waals surface area contributed by atoms with Crippen molar-refractivity contribution in [2.24, 2.45) is 0 Å². The standard InChI is InChI=1S/C24H23N3O4S/c1-27(32(29,30)23-13-11-22(31-2)12-14-23)17-19-3-7-20(8-4-19)24(28)26-21-9-5-18(6-10-21)15-16-25/h3-14H,15,17H2,1-2H3,(H,26,28). The summed E-state index contributed by atoms with van der Waals surface area (Å²) in [6.45, 7) is 0.163. The van der Waals surface area contributed by atoms with Crippen molar-refractivity contribution in [2.45, 2.75) is 17.9 Å². The van der Waals surface area contributed by atoms with Crippen LogP contribution in [-0.4, -0.2) is 32.8 Å². The van der Waals surface area contributed by atoms with Gasteiger partial charge in [-0.25, -0.2) is 8.42 Å². The molecule has 0 heterocycles. The number of methoxy groups -OCH3 is 1. The molecule has 0 saturated heterocycles. The lowest BCUT2D eigenvalue weighted by Gasteiger charge is -2.17. The monoisotopic (exact) mass is 449 g/mol.